The molecule has 0 saturated heterocycles. The van der Waals surface area contributed by atoms with Crippen molar-refractivity contribution in [3.8, 4) is 55.6 Å². The largest absolute Gasteiger partial charge is 0.300 e. The van der Waals surface area contributed by atoms with Crippen LogP contribution in [-0.2, 0) is 5.41 Å². The summed E-state index contributed by atoms with van der Waals surface area (Å²) in [6, 6.07) is 65.3. The van der Waals surface area contributed by atoms with Crippen LogP contribution in [0.4, 0.5) is 5.69 Å². The van der Waals surface area contributed by atoms with Crippen molar-refractivity contribution in [3.05, 3.63) is 229 Å². The van der Waals surface area contributed by atoms with Crippen LogP contribution in [0.3, 0.4) is 0 Å². The van der Waals surface area contributed by atoms with Gasteiger partial charge in [-0.3, -0.25) is 10.9 Å². The van der Waals surface area contributed by atoms with Crippen molar-refractivity contribution in [3.63, 3.8) is 0 Å². The van der Waals surface area contributed by atoms with E-state index in [0.717, 1.165) is 50.3 Å². The molecule has 0 spiro atoms. The van der Waals surface area contributed by atoms with Crippen LogP contribution in [0.5, 0.6) is 0 Å². The van der Waals surface area contributed by atoms with Gasteiger partial charge in [0.2, 0.25) is 0 Å². The van der Waals surface area contributed by atoms with Crippen LogP contribution >= 0.6 is 0 Å². The zero-order valence-electron chi connectivity index (χ0n) is 35.8. The van der Waals surface area contributed by atoms with Crippen LogP contribution in [0.15, 0.2) is 212 Å². The van der Waals surface area contributed by atoms with E-state index >= 15 is 0 Å². The molecule has 8 aromatic rings. The Hall–Kier alpha value is -7.49. The molecule has 3 nitrogen and oxygen atoms in total. The summed E-state index contributed by atoms with van der Waals surface area (Å²) < 4.78 is 0. The number of fused-ring (bicyclic) bond motifs is 4. The lowest BCUT2D eigenvalue weighted by Gasteiger charge is -2.24. The maximum absolute atomic E-state index is 9.01. The Morgan fingerprint density at radius 1 is 0.484 bits per heavy atom. The van der Waals surface area contributed by atoms with E-state index in [1.54, 1.807) is 0 Å². The van der Waals surface area contributed by atoms with Gasteiger partial charge >= 0.3 is 0 Å². The number of nitrogens with one attached hydrogen (secondary N) is 3. The van der Waals surface area contributed by atoms with E-state index in [9.17, 15) is 0 Å². The van der Waals surface area contributed by atoms with Gasteiger partial charge in [-0.15, -0.1) is 0 Å². The van der Waals surface area contributed by atoms with Crippen molar-refractivity contribution in [1.29, 1.82) is 5.41 Å². The molecule has 0 unspecified atom stereocenters. The quantitative estimate of drug-likeness (QED) is 0.134. The van der Waals surface area contributed by atoms with Crippen LogP contribution < -0.4 is 10.9 Å². The molecule has 0 radical (unpaired) electrons. The molecule has 3 N–H and O–H groups in total. The molecule has 0 bridgehead atoms. The number of hydrazine groups is 1. The molecule has 0 aliphatic heterocycles. The van der Waals surface area contributed by atoms with Gasteiger partial charge in [-0.2, -0.15) is 0 Å². The Morgan fingerprint density at radius 2 is 1.05 bits per heavy atom. The molecule has 62 heavy (non-hydrogen) atoms. The highest BCUT2D eigenvalue weighted by atomic mass is 15.4. The van der Waals surface area contributed by atoms with E-state index < -0.39 is 0 Å². The number of benzene rings is 8. The normalized spacial score (nSPS) is 14.1. The molecule has 3 heteroatoms. The molecule has 0 amide bonds. The highest BCUT2D eigenvalue weighted by Crippen LogP contribution is 2.50. The van der Waals surface area contributed by atoms with Crippen molar-refractivity contribution >= 4 is 27.9 Å². The van der Waals surface area contributed by atoms with Crippen LogP contribution in [0.2, 0.25) is 0 Å². The predicted octanol–water partition coefficient (Wildman–Crippen LogP) is 15.7. The Bertz CT molecular complexity index is 3030. The molecule has 8 aromatic carbocycles. The number of anilines is 1. The van der Waals surface area contributed by atoms with Crippen LogP contribution in [0.25, 0.3) is 72.1 Å². The standard InChI is InChI=1S/C56H43N3.C3H8/c1-56(2)51-28-12-10-23-47(51)48-35-34-41(36-52(48)56)44-21-8-9-22-46(44)49-27-15-26-45(38-16-4-3-5-17-38)55(49)59-58-54(50-24-11-13-29-53(50)57)40-32-30-39(31-33-40)43-25-14-19-37-18-6-7-20-42(37)43;1-3-2/h3-36,57-59H,1-2H3;3H2,1-2H3/b54-50-,57-53?;. The number of hydrogen-bond donors (Lipinski definition) is 3. The maximum Gasteiger partial charge on any atom is 0.0705 e. The van der Waals surface area contributed by atoms with Crippen LogP contribution in [0, 0.1) is 5.41 Å². The summed E-state index contributed by atoms with van der Waals surface area (Å²) in [6.45, 7) is 8.93. The molecular formula is C59H51N3. The fourth-order valence-corrected chi connectivity index (χ4v) is 9.03. The van der Waals surface area contributed by atoms with Gasteiger partial charge < -0.3 is 5.41 Å². The highest BCUT2D eigenvalue weighted by Gasteiger charge is 2.35. The summed E-state index contributed by atoms with van der Waals surface area (Å²) in [5, 5.41) is 11.5. The predicted molar refractivity (Wildman–Crippen MR) is 265 cm³/mol. The zero-order valence-corrected chi connectivity index (χ0v) is 35.8. The van der Waals surface area contributed by atoms with Crippen LogP contribution in [-0.4, -0.2) is 5.71 Å². The minimum absolute atomic E-state index is 0.103. The first kappa shape index (κ1) is 39.9. The lowest BCUT2D eigenvalue weighted by molar-refractivity contribution is 0.660. The fraction of sp³-hybridized carbons (Fsp3) is 0.102. The van der Waals surface area contributed by atoms with E-state index in [1.165, 1.54) is 56.1 Å². The third-order valence-corrected chi connectivity index (χ3v) is 12.0. The lowest BCUT2D eigenvalue weighted by atomic mass is 9.81. The van der Waals surface area contributed by atoms with Gasteiger partial charge in [0.15, 0.2) is 0 Å². The SMILES string of the molecule is CC1(C)c2ccccc2-c2ccc(-c3ccccc3-c3cccc(-c4ccccc4)c3NN/C(=C3/C=CC=CC3=N)c3ccc(-c4cccc5ccccc45)cc3)cc21.CCC. The van der Waals surface area contributed by atoms with Crippen LogP contribution in [0.1, 0.15) is 50.8 Å². The zero-order chi connectivity index (χ0) is 42.6. The lowest BCUT2D eigenvalue weighted by Crippen LogP contribution is -2.24. The first-order valence-electron chi connectivity index (χ1n) is 21.7. The van der Waals surface area contributed by atoms with E-state index in [-0.39, 0.29) is 5.41 Å². The topological polar surface area (TPSA) is 47.9 Å². The minimum atomic E-state index is -0.103. The first-order valence-corrected chi connectivity index (χ1v) is 21.7. The third kappa shape index (κ3) is 7.48. The van der Waals surface area contributed by atoms with E-state index in [2.05, 4.69) is 221 Å². The Balaban J connectivity index is 0.00000159. The van der Waals surface area contributed by atoms with Gasteiger partial charge in [-0.25, -0.2) is 0 Å². The molecule has 0 heterocycles. The van der Waals surface area contributed by atoms with E-state index in [1.807, 2.05) is 24.3 Å². The van der Waals surface area contributed by atoms with Crippen molar-refractivity contribution in [2.24, 2.45) is 0 Å². The second kappa shape index (κ2) is 17.2. The number of para-hydroxylation sites is 1. The van der Waals surface area contributed by atoms with Crippen molar-refractivity contribution in [2.45, 2.75) is 39.5 Å². The Morgan fingerprint density at radius 3 is 1.84 bits per heavy atom. The summed E-state index contributed by atoms with van der Waals surface area (Å²) in [7, 11) is 0. The third-order valence-electron chi connectivity index (χ3n) is 12.0. The molecule has 0 aromatic heterocycles. The van der Waals surface area contributed by atoms with E-state index in [0.29, 0.717) is 5.71 Å². The fourth-order valence-electron chi connectivity index (χ4n) is 9.03. The summed E-state index contributed by atoms with van der Waals surface area (Å²) in [5.74, 6) is 0. The molecule has 0 saturated carbocycles. The first-order chi connectivity index (χ1) is 30.4. The molecule has 0 atom stereocenters. The van der Waals surface area contributed by atoms with Crippen molar-refractivity contribution in [2.75, 3.05) is 5.43 Å². The molecule has 2 aliphatic carbocycles. The number of rotatable bonds is 8. The minimum Gasteiger partial charge on any atom is -0.300 e. The average molecular weight is 802 g/mol. The van der Waals surface area contributed by atoms with Gasteiger partial charge in [0.1, 0.15) is 0 Å². The monoisotopic (exact) mass is 801 g/mol. The smallest absolute Gasteiger partial charge is 0.0705 e. The number of hydrogen-bond acceptors (Lipinski definition) is 3. The molecule has 0 fully saturated rings. The van der Waals surface area contributed by atoms with Gasteiger partial charge in [-0.1, -0.05) is 228 Å². The van der Waals surface area contributed by atoms with Gasteiger partial charge in [0, 0.05) is 27.7 Å². The van der Waals surface area contributed by atoms with Gasteiger partial charge in [0.05, 0.1) is 17.1 Å². The maximum atomic E-state index is 9.01. The summed E-state index contributed by atoms with van der Waals surface area (Å²) in [6.07, 6.45) is 9.02. The summed E-state index contributed by atoms with van der Waals surface area (Å²) >= 11 is 0. The molecular weight excluding hydrogens is 751 g/mol. The average Bonchev–Trinajstić information content (AvgIpc) is 3.55. The number of allylic oxidation sites excluding steroid dienone is 5. The van der Waals surface area contributed by atoms with Gasteiger partial charge in [-0.05, 0) is 78.5 Å². The highest BCUT2D eigenvalue weighted by molar-refractivity contribution is 6.14. The van der Waals surface area contributed by atoms with Crippen molar-refractivity contribution in [1.82, 2.24) is 5.43 Å². The van der Waals surface area contributed by atoms with E-state index in [4.69, 9.17) is 5.41 Å². The second-order valence-corrected chi connectivity index (χ2v) is 16.6. The second-order valence-electron chi connectivity index (χ2n) is 16.6. The molecule has 10 rings (SSSR count). The summed E-state index contributed by atoms with van der Waals surface area (Å²) in [4.78, 5) is 0. The Labute approximate surface area is 366 Å². The summed E-state index contributed by atoms with van der Waals surface area (Å²) in [5.41, 5.74) is 25.7. The van der Waals surface area contributed by atoms with Gasteiger partial charge in [0.25, 0.3) is 0 Å². The Kier molecular flexibility index (Phi) is 11.1. The molecule has 2 aliphatic rings. The molecule has 302 valence electrons. The van der Waals surface area contributed by atoms with Crippen molar-refractivity contribution < 1.29 is 0 Å².